The Morgan fingerprint density at radius 1 is 1.00 bits per heavy atom. The van der Waals surface area contributed by atoms with E-state index in [4.69, 9.17) is 0 Å². The lowest BCUT2D eigenvalue weighted by Gasteiger charge is -2.12. The second kappa shape index (κ2) is 9.90. The highest BCUT2D eigenvalue weighted by atomic mass is 19.4. The van der Waals surface area contributed by atoms with E-state index < -0.39 is 24.6 Å². The summed E-state index contributed by atoms with van der Waals surface area (Å²) in [6.07, 6.45) is -4.57. The smallest absolute Gasteiger partial charge is 0.422 e. The predicted octanol–water partition coefficient (Wildman–Crippen LogP) is 4.27. The van der Waals surface area contributed by atoms with E-state index in [1.165, 1.54) is 31.2 Å². The van der Waals surface area contributed by atoms with E-state index in [0.29, 0.717) is 16.9 Å². The number of nitrogens with zero attached hydrogens (tertiary/aromatic N) is 3. The van der Waals surface area contributed by atoms with Crippen molar-refractivity contribution in [2.45, 2.75) is 19.6 Å². The Morgan fingerprint density at radius 2 is 1.69 bits per heavy atom. The maximum Gasteiger partial charge on any atom is 0.422 e. The molecule has 3 N–H and O–H groups in total. The molecule has 1 aromatic heterocycles. The summed E-state index contributed by atoms with van der Waals surface area (Å²) in [4.78, 5) is 23.1. The average molecular weight is 450 g/mol. The summed E-state index contributed by atoms with van der Waals surface area (Å²) in [5.41, 5.74) is 1.66. The van der Waals surface area contributed by atoms with Gasteiger partial charge in [0.15, 0.2) is 6.61 Å². The van der Waals surface area contributed by atoms with Crippen molar-refractivity contribution in [1.29, 1.82) is 0 Å². The van der Waals surface area contributed by atoms with Crippen LogP contribution in [0, 0.1) is 5.82 Å². The SMILES string of the molecule is CC(=O)Nc1cccc(Nc2nc(NCc3ccc(F)cc3)nc(OCC(F)(F)F)n2)c1. The van der Waals surface area contributed by atoms with Gasteiger partial charge in [-0.25, -0.2) is 4.39 Å². The van der Waals surface area contributed by atoms with E-state index in [1.54, 1.807) is 24.3 Å². The summed E-state index contributed by atoms with van der Waals surface area (Å²) >= 11 is 0. The predicted molar refractivity (Wildman–Crippen MR) is 109 cm³/mol. The largest absolute Gasteiger partial charge is 0.454 e. The molecular formula is C20H18F4N6O2. The molecule has 0 radical (unpaired) electrons. The number of ether oxygens (including phenoxy) is 1. The Bertz CT molecular complexity index is 1080. The summed E-state index contributed by atoms with van der Waals surface area (Å²) in [6.45, 7) is -0.0399. The van der Waals surface area contributed by atoms with Crippen molar-refractivity contribution >= 4 is 29.2 Å². The van der Waals surface area contributed by atoms with E-state index in [0.717, 1.165) is 0 Å². The van der Waals surface area contributed by atoms with Crippen molar-refractivity contribution in [2.75, 3.05) is 22.6 Å². The molecule has 32 heavy (non-hydrogen) atoms. The molecule has 168 valence electrons. The third-order valence-corrected chi connectivity index (χ3v) is 3.78. The fraction of sp³-hybridized carbons (Fsp3) is 0.200. The molecule has 0 saturated carbocycles. The van der Waals surface area contributed by atoms with E-state index in [-0.39, 0.29) is 24.3 Å². The maximum atomic E-state index is 13.0. The lowest BCUT2D eigenvalue weighted by molar-refractivity contribution is -0.154. The average Bonchev–Trinajstić information content (AvgIpc) is 2.71. The minimum absolute atomic E-state index is 0.0537. The van der Waals surface area contributed by atoms with Gasteiger partial charge in [0.25, 0.3) is 0 Å². The maximum absolute atomic E-state index is 13.0. The first kappa shape index (κ1) is 22.7. The van der Waals surface area contributed by atoms with Gasteiger partial charge >= 0.3 is 12.2 Å². The number of carbonyl (C=O) groups excluding carboxylic acids is 1. The first-order valence-electron chi connectivity index (χ1n) is 9.25. The number of halogens is 4. The minimum Gasteiger partial charge on any atom is -0.454 e. The summed E-state index contributed by atoms with van der Waals surface area (Å²) in [5, 5.41) is 8.29. The van der Waals surface area contributed by atoms with Gasteiger partial charge in [0.2, 0.25) is 17.8 Å². The van der Waals surface area contributed by atoms with Crippen molar-refractivity contribution in [3.63, 3.8) is 0 Å². The molecular weight excluding hydrogens is 432 g/mol. The molecule has 0 fully saturated rings. The zero-order valence-corrected chi connectivity index (χ0v) is 16.7. The molecule has 12 heteroatoms. The number of alkyl halides is 3. The highest BCUT2D eigenvalue weighted by Crippen LogP contribution is 2.22. The van der Waals surface area contributed by atoms with Gasteiger partial charge in [0, 0.05) is 24.8 Å². The molecule has 0 aliphatic heterocycles. The number of anilines is 4. The summed E-state index contributed by atoms with van der Waals surface area (Å²) in [6, 6.07) is 11.6. The molecule has 0 saturated heterocycles. The van der Waals surface area contributed by atoms with Gasteiger partial charge in [-0.1, -0.05) is 18.2 Å². The Morgan fingerprint density at radius 3 is 2.38 bits per heavy atom. The quantitative estimate of drug-likeness (QED) is 0.441. The number of hydrogen-bond donors (Lipinski definition) is 3. The van der Waals surface area contributed by atoms with Crippen LogP contribution in [0.2, 0.25) is 0 Å². The molecule has 0 bridgehead atoms. The molecule has 3 rings (SSSR count). The van der Waals surface area contributed by atoms with Crippen LogP contribution in [0.4, 0.5) is 40.8 Å². The molecule has 1 heterocycles. The number of rotatable bonds is 8. The lowest BCUT2D eigenvalue weighted by Crippen LogP contribution is -2.21. The molecule has 0 unspecified atom stereocenters. The van der Waals surface area contributed by atoms with E-state index >= 15 is 0 Å². The van der Waals surface area contributed by atoms with E-state index in [9.17, 15) is 22.4 Å². The second-order valence-electron chi connectivity index (χ2n) is 6.54. The lowest BCUT2D eigenvalue weighted by atomic mass is 10.2. The summed E-state index contributed by atoms with van der Waals surface area (Å²) in [7, 11) is 0. The van der Waals surface area contributed by atoms with Crippen LogP contribution in [0.1, 0.15) is 12.5 Å². The Balaban J connectivity index is 1.80. The second-order valence-corrected chi connectivity index (χ2v) is 6.54. The monoisotopic (exact) mass is 450 g/mol. The first-order valence-corrected chi connectivity index (χ1v) is 9.25. The van der Waals surface area contributed by atoms with Gasteiger partial charge in [-0.2, -0.15) is 28.1 Å². The van der Waals surface area contributed by atoms with Gasteiger partial charge in [0.1, 0.15) is 5.82 Å². The summed E-state index contributed by atoms with van der Waals surface area (Å²) < 4.78 is 55.4. The standard InChI is InChI=1S/C20H18F4N6O2/c1-12(31)26-15-3-2-4-16(9-15)27-18-28-17(25-10-13-5-7-14(21)8-6-13)29-19(30-18)32-11-20(22,23)24/h2-9H,10-11H2,1H3,(H,26,31)(H2,25,27,28,29,30). The minimum atomic E-state index is -4.57. The van der Waals surface area contributed by atoms with Crippen molar-refractivity contribution in [3.05, 3.63) is 59.9 Å². The topological polar surface area (TPSA) is 101 Å². The first-order chi connectivity index (χ1) is 15.2. The van der Waals surface area contributed by atoms with Crippen LogP contribution in [-0.2, 0) is 11.3 Å². The third-order valence-electron chi connectivity index (χ3n) is 3.78. The van der Waals surface area contributed by atoms with Gasteiger partial charge in [-0.15, -0.1) is 0 Å². The van der Waals surface area contributed by atoms with Crippen molar-refractivity contribution in [2.24, 2.45) is 0 Å². The number of aromatic nitrogens is 3. The third kappa shape index (κ3) is 7.38. The molecule has 8 nitrogen and oxygen atoms in total. The van der Waals surface area contributed by atoms with Crippen LogP contribution in [-0.4, -0.2) is 33.6 Å². The van der Waals surface area contributed by atoms with Gasteiger partial charge in [0.05, 0.1) is 0 Å². The van der Waals surface area contributed by atoms with E-state index in [1.807, 2.05) is 0 Å². The summed E-state index contributed by atoms with van der Waals surface area (Å²) in [5.74, 6) is -0.803. The molecule has 1 amide bonds. The number of benzene rings is 2. The normalized spacial score (nSPS) is 11.0. The zero-order chi connectivity index (χ0) is 23.1. The highest BCUT2D eigenvalue weighted by molar-refractivity contribution is 5.89. The molecule has 0 atom stereocenters. The van der Waals surface area contributed by atoms with Crippen molar-refractivity contribution < 1.29 is 27.1 Å². The van der Waals surface area contributed by atoms with Crippen LogP contribution in [0.5, 0.6) is 6.01 Å². The van der Waals surface area contributed by atoms with Crippen molar-refractivity contribution in [3.8, 4) is 6.01 Å². The fourth-order valence-electron chi connectivity index (χ4n) is 2.49. The number of amides is 1. The Labute approximate surface area is 180 Å². The molecule has 0 aliphatic rings. The molecule has 2 aromatic carbocycles. The van der Waals surface area contributed by atoms with Gasteiger partial charge < -0.3 is 20.7 Å². The number of carbonyl (C=O) groups is 1. The Kier molecular flexibility index (Phi) is 7.03. The van der Waals surface area contributed by atoms with Crippen LogP contribution in [0.15, 0.2) is 48.5 Å². The van der Waals surface area contributed by atoms with Crippen LogP contribution >= 0.6 is 0 Å². The number of hydrogen-bond acceptors (Lipinski definition) is 7. The molecule has 0 aliphatic carbocycles. The van der Waals surface area contributed by atoms with Gasteiger partial charge in [-0.3, -0.25) is 4.79 Å². The number of nitrogens with one attached hydrogen (secondary N) is 3. The fourth-order valence-corrected chi connectivity index (χ4v) is 2.49. The Hall–Kier alpha value is -3.96. The van der Waals surface area contributed by atoms with Crippen LogP contribution < -0.4 is 20.7 Å². The zero-order valence-electron chi connectivity index (χ0n) is 16.7. The van der Waals surface area contributed by atoms with Crippen LogP contribution in [0.25, 0.3) is 0 Å². The highest BCUT2D eigenvalue weighted by Gasteiger charge is 2.29. The van der Waals surface area contributed by atoms with Gasteiger partial charge in [-0.05, 0) is 35.9 Å². The molecule has 0 spiro atoms. The van der Waals surface area contributed by atoms with E-state index in [2.05, 4.69) is 35.6 Å². The van der Waals surface area contributed by atoms with Crippen molar-refractivity contribution in [1.82, 2.24) is 15.0 Å². The van der Waals surface area contributed by atoms with Crippen LogP contribution in [0.3, 0.4) is 0 Å². The molecule has 3 aromatic rings.